The van der Waals surface area contributed by atoms with E-state index in [4.69, 9.17) is 4.74 Å². The highest BCUT2D eigenvalue weighted by atomic mass is 16.6. The smallest absolute Gasteiger partial charge is 0.339 e. The van der Waals surface area contributed by atoms with Crippen LogP contribution in [0.4, 0.5) is 0 Å². The summed E-state index contributed by atoms with van der Waals surface area (Å²) in [5.74, 6) is -0.262. The zero-order valence-electron chi connectivity index (χ0n) is 7.10. The fraction of sp³-hybridized carbons (Fsp3) is 0.444. The summed E-state index contributed by atoms with van der Waals surface area (Å²) in [6.07, 6.45) is 1.80. The van der Waals surface area contributed by atoms with Gasteiger partial charge in [-0.05, 0) is 32.4 Å². The van der Waals surface area contributed by atoms with Gasteiger partial charge in [0.2, 0.25) is 0 Å². The third-order valence-electron chi connectivity index (χ3n) is 1.53. The molecule has 0 spiro atoms. The van der Waals surface area contributed by atoms with Crippen LogP contribution in [0.25, 0.3) is 0 Å². The van der Waals surface area contributed by atoms with Gasteiger partial charge < -0.3 is 4.74 Å². The van der Waals surface area contributed by atoms with Crippen LogP contribution in [0, 0.1) is 0 Å². The SMILES string of the molecule is C=C(C)C1=CC(C)(C)OC1=O. The number of rotatable bonds is 1. The van der Waals surface area contributed by atoms with E-state index < -0.39 is 5.60 Å². The second kappa shape index (κ2) is 2.22. The number of esters is 1. The third-order valence-corrected chi connectivity index (χ3v) is 1.53. The first kappa shape index (κ1) is 8.05. The van der Waals surface area contributed by atoms with Crippen molar-refractivity contribution in [2.24, 2.45) is 0 Å². The van der Waals surface area contributed by atoms with E-state index in [-0.39, 0.29) is 5.97 Å². The maximum atomic E-state index is 11.1. The molecule has 0 aromatic rings. The number of hydrogen-bond donors (Lipinski definition) is 0. The van der Waals surface area contributed by atoms with Gasteiger partial charge in [-0.3, -0.25) is 0 Å². The summed E-state index contributed by atoms with van der Waals surface area (Å²) in [6, 6.07) is 0. The van der Waals surface area contributed by atoms with E-state index in [1.807, 2.05) is 13.8 Å². The average Bonchev–Trinajstić information content (AvgIpc) is 2.05. The molecule has 0 aromatic carbocycles. The van der Waals surface area contributed by atoms with Gasteiger partial charge in [-0.25, -0.2) is 4.79 Å². The molecule has 0 N–H and O–H groups in total. The normalized spacial score (nSPS) is 21.0. The molecule has 0 unspecified atom stereocenters. The molecule has 1 rings (SSSR count). The molecule has 0 bridgehead atoms. The van der Waals surface area contributed by atoms with Crippen LogP contribution in [0.2, 0.25) is 0 Å². The first-order valence-electron chi connectivity index (χ1n) is 3.54. The van der Waals surface area contributed by atoms with Gasteiger partial charge in [0.05, 0.1) is 5.57 Å². The summed E-state index contributed by atoms with van der Waals surface area (Å²) in [6.45, 7) is 9.18. The Balaban J connectivity index is 2.97. The van der Waals surface area contributed by atoms with Crippen LogP contribution in [0.5, 0.6) is 0 Å². The second-order valence-corrected chi connectivity index (χ2v) is 3.33. The Labute approximate surface area is 66.5 Å². The van der Waals surface area contributed by atoms with Gasteiger partial charge >= 0.3 is 5.97 Å². The number of hydrogen-bond acceptors (Lipinski definition) is 2. The van der Waals surface area contributed by atoms with Gasteiger partial charge in [-0.15, -0.1) is 0 Å². The molecule has 60 valence electrons. The lowest BCUT2D eigenvalue weighted by molar-refractivity contribution is -0.143. The topological polar surface area (TPSA) is 26.3 Å². The van der Waals surface area contributed by atoms with Crippen molar-refractivity contribution in [2.45, 2.75) is 26.4 Å². The standard InChI is InChI=1S/C9H12O2/c1-6(2)7-5-9(3,4)11-8(7)10/h5H,1H2,2-4H3. The Hall–Kier alpha value is -1.05. The molecule has 0 aromatic heterocycles. The van der Waals surface area contributed by atoms with E-state index >= 15 is 0 Å². The molecule has 0 radical (unpaired) electrons. The molecule has 2 heteroatoms. The second-order valence-electron chi connectivity index (χ2n) is 3.33. The fourth-order valence-electron chi connectivity index (χ4n) is 1.03. The van der Waals surface area contributed by atoms with Crippen LogP contribution in [-0.4, -0.2) is 11.6 Å². The van der Waals surface area contributed by atoms with Gasteiger partial charge in [0.25, 0.3) is 0 Å². The Morgan fingerprint density at radius 3 is 2.36 bits per heavy atom. The molecule has 1 aliphatic rings. The first-order chi connectivity index (χ1) is 4.92. The van der Waals surface area contributed by atoms with Crippen molar-refractivity contribution in [3.05, 3.63) is 23.8 Å². The number of cyclic esters (lactones) is 1. The van der Waals surface area contributed by atoms with E-state index in [1.54, 1.807) is 13.0 Å². The van der Waals surface area contributed by atoms with Gasteiger partial charge in [-0.1, -0.05) is 6.58 Å². The zero-order valence-corrected chi connectivity index (χ0v) is 7.10. The van der Waals surface area contributed by atoms with E-state index in [0.717, 1.165) is 5.57 Å². The quantitative estimate of drug-likeness (QED) is 0.536. The summed E-state index contributed by atoms with van der Waals surface area (Å²) >= 11 is 0. The molecule has 2 nitrogen and oxygen atoms in total. The van der Waals surface area contributed by atoms with Crippen LogP contribution < -0.4 is 0 Å². The van der Waals surface area contributed by atoms with Crippen LogP contribution in [-0.2, 0) is 9.53 Å². The van der Waals surface area contributed by atoms with Crippen molar-refractivity contribution < 1.29 is 9.53 Å². The Bertz CT molecular complexity index is 246. The Morgan fingerprint density at radius 1 is 1.64 bits per heavy atom. The molecule has 11 heavy (non-hydrogen) atoms. The third kappa shape index (κ3) is 1.50. The average molecular weight is 152 g/mol. The van der Waals surface area contributed by atoms with Gasteiger partial charge in [0.1, 0.15) is 5.60 Å². The minimum Gasteiger partial charge on any atom is -0.452 e. The predicted molar refractivity (Wildman–Crippen MR) is 43.1 cm³/mol. The van der Waals surface area contributed by atoms with E-state index in [0.29, 0.717) is 5.57 Å². The lowest BCUT2D eigenvalue weighted by Gasteiger charge is -2.12. The van der Waals surface area contributed by atoms with Gasteiger partial charge in [0, 0.05) is 0 Å². The number of carbonyl (C=O) groups is 1. The van der Waals surface area contributed by atoms with Crippen molar-refractivity contribution >= 4 is 5.97 Å². The fourth-order valence-corrected chi connectivity index (χ4v) is 1.03. The zero-order chi connectivity index (χ0) is 8.65. The minimum atomic E-state index is -0.453. The molecular weight excluding hydrogens is 140 g/mol. The van der Waals surface area contributed by atoms with Crippen molar-refractivity contribution in [1.82, 2.24) is 0 Å². The van der Waals surface area contributed by atoms with E-state index in [1.165, 1.54) is 0 Å². The molecule has 1 heterocycles. The van der Waals surface area contributed by atoms with Crippen molar-refractivity contribution in [1.29, 1.82) is 0 Å². The van der Waals surface area contributed by atoms with Crippen LogP contribution >= 0.6 is 0 Å². The van der Waals surface area contributed by atoms with E-state index in [9.17, 15) is 4.79 Å². The maximum absolute atomic E-state index is 11.1. The molecule has 1 aliphatic heterocycles. The largest absolute Gasteiger partial charge is 0.452 e. The molecule has 0 saturated carbocycles. The highest BCUT2D eigenvalue weighted by Gasteiger charge is 2.31. The summed E-state index contributed by atoms with van der Waals surface area (Å²) in [5, 5.41) is 0. The van der Waals surface area contributed by atoms with Crippen molar-refractivity contribution in [2.75, 3.05) is 0 Å². The van der Waals surface area contributed by atoms with Crippen molar-refractivity contribution in [3.63, 3.8) is 0 Å². The number of carbonyl (C=O) groups excluding carboxylic acids is 1. The first-order valence-corrected chi connectivity index (χ1v) is 3.54. The molecule has 0 fully saturated rings. The number of ether oxygens (including phenoxy) is 1. The van der Waals surface area contributed by atoms with Gasteiger partial charge in [0.15, 0.2) is 0 Å². The summed E-state index contributed by atoms with van der Waals surface area (Å²) < 4.78 is 5.03. The monoisotopic (exact) mass is 152 g/mol. The minimum absolute atomic E-state index is 0.262. The summed E-state index contributed by atoms with van der Waals surface area (Å²) in [5.41, 5.74) is 0.918. The highest BCUT2D eigenvalue weighted by Crippen LogP contribution is 2.26. The molecular formula is C9H12O2. The molecule has 0 atom stereocenters. The van der Waals surface area contributed by atoms with Crippen LogP contribution in [0.15, 0.2) is 23.8 Å². The molecule has 0 amide bonds. The van der Waals surface area contributed by atoms with Crippen LogP contribution in [0.3, 0.4) is 0 Å². The Morgan fingerprint density at radius 2 is 2.18 bits per heavy atom. The van der Waals surface area contributed by atoms with Crippen molar-refractivity contribution in [3.8, 4) is 0 Å². The summed E-state index contributed by atoms with van der Waals surface area (Å²) in [4.78, 5) is 11.1. The lowest BCUT2D eigenvalue weighted by atomic mass is 10.1. The maximum Gasteiger partial charge on any atom is 0.339 e. The van der Waals surface area contributed by atoms with Crippen LogP contribution in [0.1, 0.15) is 20.8 Å². The van der Waals surface area contributed by atoms with Gasteiger partial charge in [-0.2, -0.15) is 0 Å². The van der Waals surface area contributed by atoms with E-state index in [2.05, 4.69) is 6.58 Å². The predicted octanol–water partition coefficient (Wildman–Crippen LogP) is 1.82. The molecule has 0 saturated heterocycles. The lowest BCUT2D eigenvalue weighted by Crippen LogP contribution is -2.18. The summed E-state index contributed by atoms with van der Waals surface area (Å²) in [7, 11) is 0. The molecule has 0 aliphatic carbocycles. The highest BCUT2D eigenvalue weighted by molar-refractivity contribution is 5.95. The Kier molecular flexibility index (Phi) is 1.63.